The summed E-state index contributed by atoms with van der Waals surface area (Å²) in [5.41, 5.74) is 7.19. The maximum absolute atomic E-state index is 12.5. The number of hydrogen-bond acceptors (Lipinski definition) is 3. The molecule has 3 rings (SSSR count). The second-order valence-electron chi connectivity index (χ2n) is 5.67. The van der Waals surface area contributed by atoms with Crippen molar-refractivity contribution in [2.45, 2.75) is 32.4 Å². The van der Waals surface area contributed by atoms with E-state index in [0.29, 0.717) is 24.7 Å². The van der Waals surface area contributed by atoms with Crippen molar-refractivity contribution < 1.29 is 9.59 Å². The molecule has 2 aliphatic heterocycles. The Morgan fingerprint density at radius 2 is 1.95 bits per heavy atom. The van der Waals surface area contributed by atoms with E-state index in [9.17, 15) is 9.59 Å². The second kappa shape index (κ2) is 4.90. The highest BCUT2D eigenvalue weighted by molar-refractivity contribution is 6.21. The van der Waals surface area contributed by atoms with Crippen molar-refractivity contribution in [3.8, 4) is 0 Å². The van der Waals surface area contributed by atoms with Crippen molar-refractivity contribution in [3.63, 3.8) is 0 Å². The molecule has 2 unspecified atom stereocenters. The van der Waals surface area contributed by atoms with Crippen LogP contribution in [-0.4, -0.2) is 29.4 Å². The molecule has 2 heterocycles. The molecule has 2 saturated heterocycles. The summed E-state index contributed by atoms with van der Waals surface area (Å²) in [4.78, 5) is 27.9. The van der Waals surface area contributed by atoms with Crippen molar-refractivity contribution in [2.24, 2.45) is 11.7 Å². The highest BCUT2D eigenvalue weighted by Crippen LogP contribution is 2.32. The number of carbonyl (C=O) groups is 2. The largest absolute Gasteiger partial charge is 0.332 e. The zero-order valence-electron chi connectivity index (χ0n) is 11.6. The number of nitrogens with two attached hydrogens (primary N) is 1. The topological polar surface area (TPSA) is 66.6 Å². The minimum atomic E-state index is -0.277. The summed E-state index contributed by atoms with van der Waals surface area (Å²) in [5, 5.41) is 0. The van der Waals surface area contributed by atoms with Gasteiger partial charge >= 0.3 is 6.03 Å². The molecular weight excluding hydrogens is 254 g/mol. The third kappa shape index (κ3) is 1.98. The van der Waals surface area contributed by atoms with Crippen LogP contribution in [0.3, 0.4) is 0 Å². The summed E-state index contributed by atoms with van der Waals surface area (Å²) < 4.78 is 0. The third-order valence-corrected chi connectivity index (χ3v) is 4.24. The van der Waals surface area contributed by atoms with E-state index in [1.165, 1.54) is 4.90 Å². The molecule has 2 fully saturated rings. The minimum absolute atomic E-state index is 0.0953. The smallest absolute Gasteiger partial charge is 0.326 e. The zero-order valence-corrected chi connectivity index (χ0v) is 11.6. The highest BCUT2D eigenvalue weighted by atomic mass is 16.2. The number of rotatable bonds is 2. The Balaban J connectivity index is 1.89. The molecule has 2 aliphatic rings. The molecule has 5 nitrogen and oxygen atoms in total. The maximum Gasteiger partial charge on any atom is 0.332 e. The molecule has 0 radical (unpaired) electrons. The number of urea groups is 1. The lowest BCUT2D eigenvalue weighted by Crippen LogP contribution is -2.41. The van der Waals surface area contributed by atoms with Crippen LogP contribution in [0.15, 0.2) is 24.3 Å². The average Bonchev–Trinajstić information content (AvgIpc) is 2.71. The predicted octanol–water partition coefficient (Wildman–Crippen LogP) is 1.71. The van der Waals surface area contributed by atoms with E-state index in [1.54, 1.807) is 17.0 Å². The molecule has 3 amide bonds. The molecular formula is C15H19N3O2. The van der Waals surface area contributed by atoms with Crippen LogP contribution in [-0.2, 0) is 11.3 Å². The first-order chi connectivity index (χ1) is 9.61. The molecule has 1 aromatic carbocycles. The number of imide groups is 1. The summed E-state index contributed by atoms with van der Waals surface area (Å²) >= 11 is 0. The number of hydrogen-bond donors (Lipinski definition) is 1. The summed E-state index contributed by atoms with van der Waals surface area (Å²) in [6.07, 6.45) is 1.73. The zero-order chi connectivity index (χ0) is 14.3. The summed E-state index contributed by atoms with van der Waals surface area (Å²) in [5.74, 6) is 0.398. The van der Waals surface area contributed by atoms with Crippen LogP contribution in [0.2, 0.25) is 0 Å². The molecule has 0 aliphatic carbocycles. The first-order valence-electron chi connectivity index (χ1n) is 7.05. The average molecular weight is 273 g/mol. The molecule has 5 heteroatoms. The van der Waals surface area contributed by atoms with Crippen molar-refractivity contribution in [1.82, 2.24) is 4.90 Å². The van der Waals surface area contributed by atoms with Crippen LogP contribution in [0.25, 0.3) is 0 Å². The Hall–Kier alpha value is -1.88. The van der Waals surface area contributed by atoms with E-state index < -0.39 is 0 Å². The Kier molecular flexibility index (Phi) is 3.22. The molecule has 0 bridgehead atoms. The van der Waals surface area contributed by atoms with Crippen molar-refractivity contribution in [1.29, 1.82) is 0 Å². The molecule has 2 N–H and O–H groups in total. The van der Waals surface area contributed by atoms with Gasteiger partial charge < -0.3 is 10.6 Å². The number of fused-ring (bicyclic) bond motifs is 1. The predicted molar refractivity (Wildman–Crippen MR) is 76.1 cm³/mol. The van der Waals surface area contributed by atoms with Gasteiger partial charge in [-0.25, -0.2) is 9.69 Å². The Morgan fingerprint density at radius 3 is 2.60 bits per heavy atom. The number of carbonyl (C=O) groups excluding carboxylic acids is 2. The van der Waals surface area contributed by atoms with Gasteiger partial charge in [0, 0.05) is 13.1 Å². The lowest BCUT2D eigenvalue weighted by atomic mass is 9.93. The SMILES string of the molecule is CC1CCN2C(=O)N(c3ccc(CN)cc3)C(=O)C2C1. The molecule has 0 spiro atoms. The van der Waals surface area contributed by atoms with Crippen molar-refractivity contribution in [3.05, 3.63) is 29.8 Å². The van der Waals surface area contributed by atoms with Gasteiger partial charge in [0.05, 0.1) is 5.69 Å². The van der Waals surface area contributed by atoms with Gasteiger partial charge in [-0.2, -0.15) is 0 Å². The fourth-order valence-electron chi connectivity index (χ4n) is 3.00. The van der Waals surface area contributed by atoms with E-state index >= 15 is 0 Å². The van der Waals surface area contributed by atoms with Gasteiger partial charge in [0.25, 0.3) is 5.91 Å². The van der Waals surface area contributed by atoms with Crippen LogP contribution < -0.4 is 10.6 Å². The number of amides is 3. The molecule has 1 aromatic rings. The fourth-order valence-corrected chi connectivity index (χ4v) is 3.00. The summed E-state index contributed by atoms with van der Waals surface area (Å²) in [7, 11) is 0. The fraction of sp³-hybridized carbons (Fsp3) is 0.467. The first kappa shape index (κ1) is 13.1. The molecule has 20 heavy (non-hydrogen) atoms. The number of benzene rings is 1. The van der Waals surface area contributed by atoms with Crippen LogP contribution in [0.1, 0.15) is 25.3 Å². The quantitative estimate of drug-likeness (QED) is 0.834. The van der Waals surface area contributed by atoms with Crippen LogP contribution >= 0.6 is 0 Å². The van der Waals surface area contributed by atoms with Crippen molar-refractivity contribution in [2.75, 3.05) is 11.4 Å². The van der Waals surface area contributed by atoms with Gasteiger partial charge in [-0.05, 0) is 36.5 Å². The second-order valence-corrected chi connectivity index (χ2v) is 5.67. The number of piperidine rings is 1. The normalized spacial score (nSPS) is 26.1. The molecule has 106 valence electrons. The van der Waals surface area contributed by atoms with Gasteiger partial charge in [-0.3, -0.25) is 4.79 Å². The van der Waals surface area contributed by atoms with Gasteiger partial charge in [0.1, 0.15) is 6.04 Å². The molecule has 0 aromatic heterocycles. The summed E-state index contributed by atoms with van der Waals surface area (Å²) in [6, 6.07) is 6.83. The monoisotopic (exact) mass is 273 g/mol. The number of anilines is 1. The van der Waals surface area contributed by atoms with E-state index in [-0.39, 0.29) is 18.0 Å². The van der Waals surface area contributed by atoms with Crippen LogP contribution in [0.4, 0.5) is 10.5 Å². The van der Waals surface area contributed by atoms with Crippen LogP contribution in [0.5, 0.6) is 0 Å². The van der Waals surface area contributed by atoms with Gasteiger partial charge in [0.15, 0.2) is 0 Å². The van der Waals surface area contributed by atoms with E-state index in [2.05, 4.69) is 6.92 Å². The Bertz CT molecular complexity index is 541. The number of nitrogens with zero attached hydrogens (tertiary/aromatic N) is 2. The van der Waals surface area contributed by atoms with Gasteiger partial charge in [-0.15, -0.1) is 0 Å². The molecule has 2 atom stereocenters. The first-order valence-corrected chi connectivity index (χ1v) is 7.05. The van der Waals surface area contributed by atoms with E-state index in [0.717, 1.165) is 18.4 Å². The van der Waals surface area contributed by atoms with Gasteiger partial charge in [0.2, 0.25) is 0 Å². The lowest BCUT2D eigenvalue weighted by molar-refractivity contribution is -0.120. The Labute approximate surface area is 118 Å². The third-order valence-electron chi connectivity index (χ3n) is 4.24. The van der Waals surface area contributed by atoms with Crippen molar-refractivity contribution >= 4 is 17.6 Å². The standard InChI is InChI=1S/C15H19N3O2/c1-10-6-7-17-13(8-10)14(19)18(15(17)20)12-4-2-11(9-16)3-5-12/h2-5,10,13H,6-9,16H2,1H3. The summed E-state index contributed by atoms with van der Waals surface area (Å²) in [6.45, 7) is 3.26. The van der Waals surface area contributed by atoms with E-state index in [4.69, 9.17) is 5.73 Å². The maximum atomic E-state index is 12.5. The molecule has 0 saturated carbocycles. The lowest BCUT2D eigenvalue weighted by Gasteiger charge is -2.30. The van der Waals surface area contributed by atoms with E-state index in [1.807, 2.05) is 12.1 Å². The highest BCUT2D eigenvalue weighted by Gasteiger charge is 2.47. The minimum Gasteiger partial charge on any atom is -0.326 e. The van der Waals surface area contributed by atoms with Crippen LogP contribution in [0, 0.1) is 5.92 Å². The van der Waals surface area contributed by atoms with Gasteiger partial charge in [-0.1, -0.05) is 19.1 Å². The Morgan fingerprint density at radius 1 is 1.25 bits per heavy atom.